The van der Waals surface area contributed by atoms with E-state index in [2.05, 4.69) is 15.9 Å². The van der Waals surface area contributed by atoms with Crippen molar-refractivity contribution >= 4 is 44.8 Å². The van der Waals surface area contributed by atoms with E-state index in [1.807, 2.05) is 0 Å². The number of thiophene rings is 1. The molecule has 0 spiro atoms. The number of carboxylic acids is 1. The molecule has 0 aromatic carbocycles. The average Bonchev–Trinajstić information content (AvgIpc) is 2.10. The summed E-state index contributed by atoms with van der Waals surface area (Å²) in [6, 6.07) is 1.42. The van der Waals surface area contributed by atoms with Crippen LogP contribution in [0.4, 0.5) is 0 Å². The number of rotatable bonds is 1. The van der Waals surface area contributed by atoms with Crippen LogP contribution < -0.4 is 0 Å². The van der Waals surface area contributed by atoms with Crippen molar-refractivity contribution in [3.05, 3.63) is 19.8 Å². The Bertz CT molecular complexity index is 271. The van der Waals surface area contributed by atoms with Crippen molar-refractivity contribution in [3.8, 4) is 0 Å². The van der Waals surface area contributed by atoms with E-state index >= 15 is 0 Å². The minimum Gasteiger partial charge on any atom is -0.478 e. The van der Waals surface area contributed by atoms with Gasteiger partial charge in [-0.05, 0) is 22.0 Å². The second kappa shape index (κ2) is 2.90. The molecule has 1 aromatic heterocycles. The lowest BCUT2D eigenvalue weighted by molar-refractivity contribution is 0.0696. The van der Waals surface area contributed by atoms with E-state index in [1.54, 1.807) is 0 Å². The molecule has 0 radical (unpaired) electrons. The average molecular weight is 241 g/mol. The van der Waals surface area contributed by atoms with E-state index in [0.29, 0.717) is 8.12 Å². The topological polar surface area (TPSA) is 37.3 Å². The first-order valence-corrected chi connectivity index (χ1v) is 4.28. The van der Waals surface area contributed by atoms with Crippen LogP contribution in [-0.4, -0.2) is 11.1 Å². The van der Waals surface area contributed by atoms with Crippen molar-refractivity contribution in [1.29, 1.82) is 0 Å². The molecule has 0 fully saturated rings. The van der Waals surface area contributed by atoms with Gasteiger partial charge in [-0.25, -0.2) is 4.79 Å². The van der Waals surface area contributed by atoms with Gasteiger partial charge in [0.2, 0.25) is 0 Å². The van der Waals surface area contributed by atoms with E-state index < -0.39 is 5.97 Å². The van der Waals surface area contributed by atoms with Crippen molar-refractivity contribution in [2.45, 2.75) is 0 Å². The highest BCUT2D eigenvalue weighted by molar-refractivity contribution is 9.11. The molecule has 2 nitrogen and oxygen atoms in total. The summed E-state index contributed by atoms with van der Waals surface area (Å²) in [7, 11) is 0. The quantitative estimate of drug-likeness (QED) is 0.821. The molecular weight excluding hydrogens is 239 g/mol. The van der Waals surface area contributed by atoms with Crippen LogP contribution in [0, 0.1) is 0 Å². The maximum atomic E-state index is 10.4. The van der Waals surface area contributed by atoms with Crippen LogP contribution >= 0.6 is 38.9 Å². The Kier molecular flexibility index (Phi) is 2.33. The molecule has 0 bridgehead atoms. The van der Waals surface area contributed by atoms with Gasteiger partial charge in [0.15, 0.2) is 0 Å². The highest BCUT2D eigenvalue weighted by Crippen LogP contribution is 2.31. The van der Waals surface area contributed by atoms with Crippen LogP contribution in [0.25, 0.3) is 0 Å². The molecule has 1 N–H and O–H groups in total. The largest absolute Gasteiger partial charge is 0.478 e. The predicted molar refractivity (Wildman–Crippen MR) is 44.0 cm³/mol. The van der Waals surface area contributed by atoms with Gasteiger partial charge in [-0.1, -0.05) is 11.6 Å². The fraction of sp³-hybridized carbons (Fsp3) is 0. The van der Waals surface area contributed by atoms with Gasteiger partial charge in [-0.2, -0.15) is 0 Å². The Labute approximate surface area is 74.6 Å². The summed E-state index contributed by atoms with van der Waals surface area (Å²) in [5, 5.41) is 8.50. The Morgan fingerprint density at radius 1 is 1.80 bits per heavy atom. The lowest BCUT2D eigenvalue weighted by Gasteiger charge is -1.84. The van der Waals surface area contributed by atoms with E-state index in [9.17, 15) is 4.79 Å². The van der Waals surface area contributed by atoms with E-state index in [1.165, 1.54) is 17.4 Å². The number of carboxylic acid groups (broad SMARTS) is 1. The summed E-state index contributed by atoms with van der Waals surface area (Å²) >= 11 is 9.80. The fourth-order valence-corrected chi connectivity index (χ4v) is 2.52. The third-order valence-electron chi connectivity index (χ3n) is 0.887. The van der Waals surface area contributed by atoms with Gasteiger partial charge in [0.25, 0.3) is 0 Å². The SMILES string of the molecule is O=C(O)c1cc(Cl)sc1Br. The molecule has 0 atom stereocenters. The van der Waals surface area contributed by atoms with Gasteiger partial charge in [0.05, 0.1) is 13.7 Å². The normalized spacial score (nSPS) is 9.80. The molecule has 0 saturated carbocycles. The van der Waals surface area contributed by atoms with Crippen LogP contribution in [0.15, 0.2) is 9.85 Å². The van der Waals surface area contributed by atoms with Gasteiger partial charge in [0, 0.05) is 0 Å². The van der Waals surface area contributed by atoms with Gasteiger partial charge < -0.3 is 5.11 Å². The van der Waals surface area contributed by atoms with Crippen molar-refractivity contribution in [2.75, 3.05) is 0 Å². The predicted octanol–water partition coefficient (Wildman–Crippen LogP) is 2.86. The lowest BCUT2D eigenvalue weighted by Crippen LogP contribution is -1.92. The van der Waals surface area contributed by atoms with Crippen LogP contribution in [0.2, 0.25) is 4.34 Å². The molecule has 0 aliphatic rings. The Balaban J connectivity index is 3.15. The van der Waals surface area contributed by atoms with Gasteiger partial charge in [0.1, 0.15) is 0 Å². The lowest BCUT2D eigenvalue weighted by atomic mass is 10.4. The van der Waals surface area contributed by atoms with E-state index in [0.717, 1.165) is 0 Å². The molecule has 1 rings (SSSR count). The summed E-state index contributed by atoms with van der Waals surface area (Å²) in [4.78, 5) is 10.4. The summed E-state index contributed by atoms with van der Waals surface area (Å²) in [5.41, 5.74) is 0.218. The Morgan fingerprint density at radius 2 is 2.40 bits per heavy atom. The van der Waals surface area contributed by atoms with Gasteiger partial charge >= 0.3 is 5.97 Å². The van der Waals surface area contributed by atoms with Crippen LogP contribution in [0.3, 0.4) is 0 Å². The van der Waals surface area contributed by atoms with Crippen LogP contribution in [0.1, 0.15) is 10.4 Å². The Hall–Kier alpha value is -0.0600. The first kappa shape index (κ1) is 8.04. The minimum atomic E-state index is -0.963. The highest BCUT2D eigenvalue weighted by Gasteiger charge is 2.11. The third-order valence-corrected chi connectivity index (χ3v) is 2.85. The molecule has 54 valence electrons. The first-order valence-electron chi connectivity index (χ1n) is 2.29. The summed E-state index contributed by atoms with van der Waals surface area (Å²) in [5.74, 6) is -0.963. The monoisotopic (exact) mass is 240 g/mol. The maximum absolute atomic E-state index is 10.4. The van der Waals surface area contributed by atoms with E-state index in [4.69, 9.17) is 16.7 Å². The van der Waals surface area contributed by atoms with Crippen LogP contribution in [-0.2, 0) is 0 Å². The number of hydrogen-bond donors (Lipinski definition) is 1. The zero-order chi connectivity index (χ0) is 7.72. The zero-order valence-corrected chi connectivity index (χ0v) is 7.76. The molecule has 0 aliphatic carbocycles. The molecule has 1 aromatic rings. The van der Waals surface area contributed by atoms with E-state index in [-0.39, 0.29) is 5.56 Å². The first-order chi connectivity index (χ1) is 4.61. The van der Waals surface area contributed by atoms with Crippen LogP contribution in [0.5, 0.6) is 0 Å². The van der Waals surface area contributed by atoms with Gasteiger partial charge in [-0.3, -0.25) is 0 Å². The number of aromatic carboxylic acids is 1. The van der Waals surface area contributed by atoms with Gasteiger partial charge in [-0.15, -0.1) is 11.3 Å². The third kappa shape index (κ3) is 1.51. The minimum absolute atomic E-state index is 0.218. The second-order valence-corrected chi connectivity index (χ2v) is 4.54. The van der Waals surface area contributed by atoms with Crippen molar-refractivity contribution in [3.63, 3.8) is 0 Å². The fourth-order valence-electron chi connectivity index (χ4n) is 0.486. The van der Waals surface area contributed by atoms with Crippen molar-refractivity contribution in [2.24, 2.45) is 0 Å². The smallest absolute Gasteiger partial charge is 0.337 e. The summed E-state index contributed by atoms with van der Waals surface area (Å²) < 4.78 is 1.04. The van der Waals surface area contributed by atoms with Crippen molar-refractivity contribution in [1.82, 2.24) is 0 Å². The Morgan fingerprint density at radius 3 is 2.60 bits per heavy atom. The standard InChI is InChI=1S/C5H2BrClO2S/c6-4-2(5(8)9)1-3(7)10-4/h1H,(H,8,9). The summed E-state index contributed by atoms with van der Waals surface area (Å²) in [6.07, 6.45) is 0. The number of halogens is 2. The molecular formula is C5H2BrClO2S. The van der Waals surface area contributed by atoms with Crippen molar-refractivity contribution < 1.29 is 9.90 Å². The zero-order valence-electron chi connectivity index (χ0n) is 4.60. The molecule has 5 heteroatoms. The second-order valence-electron chi connectivity index (χ2n) is 1.54. The highest BCUT2D eigenvalue weighted by atomic mass is 79.9. The molecule has 0 saturated heterocycles. The number of carbonyl (C=O) groups is 1. The molecule has 1 heterocycles. The molecule has 0 amide bonds. The molecule has 0 unspecified atom stereocenters. The maximum Gasteiger partial charge on any atom is 0.337 e. The number of hydrogen-bond acceptors (Lipinski definition) is 2. The molecule has 0 aliphatic heterocycles. The summed E-state index contributed by atoms with van der Waals surface area (Å²) in [6.45, 7) is 0. The molecule has 10 heavy (non-hydrogen) atoms.